The first-order valence-electron chi connectivity index (χ1n) is 13.3. The number of fused-ring (bicyclic) bond motifs is 1. The van der Waals surface area contributed by atoms with Gasteiger partial charge in [0.1, 0.15) is 11.6 Å². The van der Waals surface area contributed by atoms with Gasteiger partial charge in [0.15, 0.2) is 0 Å². The fourth-order valence-corrected chi connectivity index (χ4v) is 6.73. The molecule has 38 heavy (non-hydrogen) atoms. The lowest BCUT2D eigenvalue weighted by Gasteiger charge is -2.34. The fourth-order valence-electron chi connectivity index (χ4n) is 6.55. The van der Waals surface area contributed by atoms with E-state index in [9.17, 15) is 14.4 Å². The summed E-state index contributed by atoms with van der Waals surface area (Å²) in [6.45, 7) is 2.09. The van der Waals surface area contributed by atoms with E-state index in [4.69, 9.17) is 16.3 Å². The van der Waals surface area contributed by atoms with Gasteiger partial charge in [-0.25, -0.2) is 0 Å². The lowest BCUT2D eigenvalue weighted by Crippen LogP contribution is -2.56. The van der Waals surface area contributed by atoms with Crippen LogP contribution in [0, 0.1) is 18.8 Å². The highest BCUT2D eigenvalue weighted by molar-refractivity contribution is 6.31. The number of rotatable bonds is 6. The molecule has 9 heteroatoms. The predicted molar refractivity (Wildman–Crippen MR) is 142 cm³/mol. The third-order valence-corrected chi connectivity index (χ3v) is 8.80. The third kappa shape index (κ3) is 4.20. The number of halogens is 1. The van der Waals surface area contributed by atoms with Gasteiger partial charge in [0, 0.05) is 35.7 Å². The van der Waals surface area contributed by atoms with Crippen LogP contribution in [0.4, 0.5) is 5.69 Å². The molecule has 1 aromatic carbocycles. The Bertz CT molecular complexity index is 1290. The number of amides is 3. The van der Waals surface area contributed by atoms with Crippen LogP contribution in [-0.4, -0.2) is 51.4 Å². The Hall–Kier alpha value is -3.23. The van der Waals surface area contributed by atoms with Crippen molar-refractivity contribution in [1.82, 2.24) is 15.2 Å². The molecule has 0 radical (unpaired) electrons. The Morgan fingerprint density at radius 3 is 2.74 bits per heavy atom. The first-order valence-corrected chi connectivity index (χ1v) is 13.7. The zero-order valence-corrected chi connectivity index (χ0v) is 22.0. The lowest BCUT2D eigenvalue weighted by atomic mass is 9.74. The van der Waals surface area contributed by atoms with E-state index >= 15 is 0 Å². The number of nitrogens with one attached hydrogen (secondary N) is 2. The minimum atomic E-state index is -1.20. The van der Waals surface area contributed by atoms with E-state index in [-0.39, 0.29) is 30.3 Å². The fraction of sp³-hybridized carbons (Fsp3) is 0.448. The van der Waals surface area contributed by atoms with Crippen molar-refractivity contribution >= 4 is 35.0 Å². The quantitative estimate of drug-likeness (QED) is 0.549. The van der Waals surface area contributed by atoms with Crippen LogP contribution in [0.25, 0.3) is 0 Å². The van der Waals surface area contributed by atoms with Crippen molar-refractivity contribution in [2.75, 3.05) is 5.32 Å². The minimum absolute atomic E-state index is 0.0787. The van der Waals surface area contributed by atoms with Gasteiger partial charge in [0.25, 0.3) is 0 Å². The molecule has 3 amide bonds. The SMILES string of the molecule is Cc1ccc(NC(=O)[C@H]2[C@H]3C=C[C@]4(O3)[C@H](C(=O)NC3CCCCC3)N(Cc3cccnc3)C(=O)[C@@H]24)cc1Cl. The van der Waals surface area contributed by atoms with E-state index in [1.54, 1.807) is 35.5 Å². The smallest absolute Gasteiger partial charge is 0.246 e. The molecule has 6 rings (SSSR count). The van der Waals surface area contributed by atoms with Gasteiger partial charge in [0.2, 0.25) is 17.7 Å². The third-order valence-electron chi connectivity index (χ3n) is 8.39. The Kier molecular flexibility index (Phi) is 6.48. The van der Waals surface area contributed by atoms with E-state index in [1.807, 2.05) is 31.2 Å². The molecular formula is C29H31ClN4O4. The van der Waals surface area contributed by atoms with Crippen molar-refractivity contribution in [3.63, 3.8) is 0 Å². The maximum Gasteiger partial charge on any atom is 0.246 e. The average molecular weight is 535 g/mol. The van der Waals surface area contributed by atoms with Crippen molar-refractivity contribution < 1.29 is 19.1 Å². The molecular weight excluding hydrogens is 504 g/mol. The number of nitrogens with zero attached hydrogens (tertiary/aromatic N) is 2. The summed E-state index contributed by atoms with van der Waals surface area (Å²) in [4.78, 5) is 47.3. The molecule has 3 aliphatic heterocycles. The van der Waals surface area contributed by atoms with Gasteiger partial charge in [-0.05, 0) is 49.1 Å². The van der Waals surface area contributed by atoms with Crippen molar-refractivity contribution in [1.29, 1.82) is 0 Å². The van der Waals surface area contributed by atoms with Crippen LogP contribution in [0.1, 0.15) is 43.2 Å². The van der Waals surface area contributed by atoms with E-state index in [0.29, 0.717) is 10.7 Å². The van der Waals surface area contributed by atoms with Gasteiger partial charge < -0.3 is 20.3 Å². The summed E-state index contributed by atoms with van der Waals surface area (Å²) < 4.78 is 6.42. The molecule has 1 saturated carbocycles. The number of anilines is 1. The molecule has 198 valence electrons. The highest BCUT2D eigenvalue weighted by atomic mass is 35.5. The van der Waals surface area contributed by atoms with E-state index < -0.39 is 29.6 Å². The molecule has 2 N–H and O–H groups in total. The monoisotopic (exact) mass is 534 g/mol. The molecule has 3 fully saturated rings. The lowest BCUT2D eigenvalue weighted by molar-refractivity contribution is -0.142. The average Bonchev–Trinajstić information content (AvgIpc) is 3.55. The number of aryl methyl sites for hydroxylation is 1. The van der Waals surface area contributed by atoms with Crippen LogP contribution in [-0.2, 0) is 25.7 Å². The molecule has 4 aliphatic rings. The van der Waals surface area contributed by atoms with Gasteiger partial charge >= 0.3 is 0 Å². The predicted octanol–water partition coefficient (Wildman–Crippen LogP) is 3.78. The largest absolute Gasteiger partial charge is 0.359 e. The van der Waals surface area contributed by atoms with Crippen LogP contribution in [0.15, 0.2) is 54.9 Å². The number of likely N-dealkylation sites (tertiary alicyclic amines) is 1. The second-order valence-corrected chi connectivity index (χ2v) is 11.2. The number of hydrogen-bond donors (Lipinski definition) is 2. The van der Waals surface area contributed by atoms with Gasteiger partial charge in [-0.1, -0.05) is 55.1 Å². The topological polar surface area (TPSA) is 101 Å². The zero-order valence-electron chi connectivity index (χ0n) is 21.2. The molecule has 1 aromatic heterocycles. The molecule has 4 heterocycles. The standard InChI is InChI=1S/C29H31ClN4O4/c1-17-9-10-20(14-21(17)30)33-26(35)23-22-11-12-29(38-22)24(23)28(37)34(16-18-6-5-13-31-15-18)25(29)27(36)32-19-7-3-2-4-8-19/h5-6,9-15,19,22-25H,2-4,7-8,16H2,1H3,(H,32,36)(H,33,35)/t22-,23+,24-,25+,29-/m1/s1. The van der Waals surface area contributed by atoms with Crippen LogP contribution < -0.4 is 10.6 Å². The summed E-state index contributed by atoms with van der Waals surface area (Å²) >= 11 is 6.26. The normalized spacial score (nSPS) is 29.9. The second-order valence-electron chi connectivity index (χ2n) is 10.8. The molecule has 2 bridgehead atoms. The van der Waals surface area contributed by atoms with Crippen molar-refractivity contribution in [3.8, 4) is 0 Å². The second kappa shape index (κ2) is 9.82. The summed E-state index contributed by atoms with van der Waals surface area (Å²) in [6, 6.07) is 8.19. The first-order chi connectivity index (χ1) is 18.4. The number of carbonyl (C=O) groups excluding carboxylic acids is 3. The molecule has 8 nitrogen and oxygen atoms in total. The summed E-state index contributed by atoms with van der Waals surface area (Å²) in [5, 5.41) is 6.67. The summed E-state index contributed by atoms with van der Waals surface area (Å²) in [5.41, 5.74) is 1.06. The molecule has 5 atom stereocenters. The minimum Gasteiger partial charge on any atom is -0.359 e. The molecule has 0 unspecified atom stereocenters. The number of benzene rings is 1. The number of carbonyl (C=O) groups is 3. The van der Waals surface area contributed by atoms with Crippen LogP contribution in [0.3, 0.4) is 0 Å². The number of hydrogen-bond acceptors (Lipinski definition) is 5. The Balaban J connectivity index is 1.32. The van der Waals surface area contributed by atoms with Crippen LogP contribution >= 0.6 is 11.6 Å². The van der Waals surface area contributed by atoms with E-state index in [1.165, 1.54) is 6.42 Å². The first kappa shape index (κ1) is 25.1. The maximum absolute atomic E-state index is 14.1. The highest BCUT2D eigenvalue weighted by Gasteiger charge is 2.72. The van der Waals surface area contributed by atoms with Crippen molar-refractivity contribution in [3.05, 3.63) is 71.0 Å². The molecule has 2 aromatic rings. The molecule has 1 aliphatic carbocycles. The van der Waals surface area contributed by atoms with Crippen LogP contribution in [0.5, 0.6) is 0 Å². The van der Waals surface area contributed by atoms with Crippen molar-refractivity contribution in [2.45, 2.75) is 69.4 Å². The Labute approximate surface area is 226 Å². The Morgan fingerprint density at radius 1 is 1.18 bits per heavy atom. The van der Waals surface area contributed by atoms with E-state index in [2.05, 4.69) is 15.6 Å². The number of aromatic nitrogens is 1. The molecule has 2 saturated heterocycles. The zero-order chi connectivity index (χ0) is 26.4. The Morgan fingerprint density at radius 2 is 2.00 bits per heavy atom. The number of pyridine rings is 1. The summed E-state index contributed by atoms with van der Waals surface area (Å²) in [5.74, 6) is -2.39. The van der Waals surface area contributed by atoms with Gasteiger partial charge in [0.05, 0.1) is 17.9 Å². The van der Waals surface area contributed by atoms with Gasteiger partial charge in [-0.2, -0.15) is 0 Å². The van der Waals surface area contributed by atoms with Gasteiger partial charge in [-0.3, -0.25) is 19.4 Å². The highest BCUT2D eigenvalue weighted by Crippen LogP contribution is 2.55. The summed E-state index contributed by atoms with van der Waals surface area (Å²) in [6.07, 6.45) is 11.6. The number of ether oxygens (including phenoxy) is 1. The van der Waals surface area contributed by atoms with Crippen molar-refractivity contribution in [2.24, 2.45) is 11.8 Å². The summed E-state index contributed by atoms with van der Waals surface area (Å²) in [7, 11) is 0. The molecule has 1 spiro atoms. The maximum atomic E-state index is 14.1. The van der Waals surface area contributed by atoms with E-state index in [0.717, 1.165) is 36.8 Å². The van der Waals surface area contributed by atoms with Crippen LogP contribution in [0.2, 0.25) is 5.02 Å². The van der Waals surface area contributed by atoms with Gasteiger partial charge in [-0.15, -0.1) is 0 Å².